The van der Waals surface area contributed by atoms with E-state index in [4.69, 9.17) is 23.2 Å². The second kappa shape index (κ2) is 7.31. The van der Waals surface area contributed by atoms with E-state index in [1.165, 1.54) is 11.3 Å². The highest BCUT2D eigenvalue weighted by molar-refractivity contribution is 7.99. The summed E-state index contributed by atoms with van der Waals surface area (Å²) in [7, 11) is 0. The van der Waals surface area contributed by atoms with Crippen molar-refractivity contribution in [3.05, 3.63) is 52.0 Å². The molecular weight excluding hydrogens is 383 g/mol. The van der Waals surface area contributed by atoms with E-state index in [-0.39, 0.29) is 5.91 Å². The molecule has 124 valence electrons. The third-order valence-corrected chi connectivity index (χ3v) is 5.91. The van der Waals surface area contributed by atoms with Gasteiger partial charge < -0.3 is 0 Å². The molecule has 1 heterocycles. The average molecular weight is 397 g/mol. The number of benzene rings is 2. The molecule has 0 aliphatic carbocycles. The fraction of sp³-hybridized carbons (Fsp3) is 0.176. The number of aromatic nitrogens is 1. The van der Waals surface area contributed by atoms with Gasteiger partial charge in [-0.15, -0.1) is 11.8 Å². The second-order valence-electron chi connectivity index (χ2n) is 5.37. The number of amides is 1. The Morgan fingerprint density at radius 2 is 1.88 bits per heavy atom. The van der Waals surface area contributed by atoms with Crippen LogP contribution >= 0.6 is 46.3 Å². The van der Waals surface area contributed by atoms with Crippen molar-refractivity contribution in [2.24, 2.45) is 0 Å². The lowest BCUT2D eigenvalue weighted by Gasteiger charge is -2.06. The summed E-state index contributed by atoms with van der Waals surface area (Å²) in [6.07, 6.45) is 0. The number of thioether (sulfide) groups is 1. The second-order valence-corrected chi connectivity index (χ2v) is 8.84. The van der Waals surface area contributed by atoms with Gasteiger partial charge in [-0.05, 0) is 36.4 Å². The predicted molar refractivity (Wildman–Crippen MR) is 105 cm³/mol. The van der Waals surface area contributed by atoms with E-state index >= 15 is 0 Å². The summed E-state index contributed by atoms with van der Waals surface area (Å²) < 4.78 is 0.878. The van der Waals surface area contributed by atoms with E-state index in [1.54, 1.807) is 17.8 Å². The minimum Gasteiger partial charge on any atom is -0.298 e. The summed E-state index contributed by atoms with van der Waals surface area (Å²) >= 11 is 15.3. The first-order chi connectivity index (χ1) is 11.4. The van der Waals surface area contributed by atoms with Crippen LogP contribution in [-0.2, 0) is 0 Å². The zero-order valence-electron chi connectivity index (χ0n) is 13.0. The maximum absolute atomic E-state index is 12.4. The first kappa shape index (κ1) is 17.5. The van der Waals surface area contributed by atoms with Crippen molar-refractivity contribution in [2.45, 2.75) is 24.0 Å². The molecule has 0 aliphatic rings. The summed E-state index contributed by atoms with van der Waals surface area (Å²) in [6, 6.07) is 11.1. The monoisotopic (exact) mass is 396 g/mol. The molecule has 0 aliphatic heterocycles. The molecule has 0 saturated carbocycles. The topological polar surface area (TPSA) is 42.0 Å². The molecule has 3 nitrogen and oxygen atoms in total. The van der Waals surface area contributed by atoms with Crippen molar-refractivity contribution in [2.75, 3.05) is 5.32 Å². The molecule has 0 saturated heterocycles. The number of anilines is 1. The Morgan fingerprint density at radius 1 is 1.17 bits per heavy atom. The minimum atomic E-state index is -0.197. The van der Waals surface area contributed by atoms with Crippen molar-refractivity contribution >= 4 is 67.6 Å². The third kappa shape index (κ3) is 3.86. The first-order valence-electron chi connectivity index (χ1n) is 7.26. The van der Waals surface area contributed by atoms with Gasteiger partial charge >= 0.3 is 0 Å². The zero-order chi connectivity index (χ0) is 17.3. The van der Waals surface area contributed by atoms with Gasteiger partial charge in [-0.2, -0.15) is 0 Å². The molecule has 0 spiro atoms. The van der Waals surface area contributed by atoms with Crippen LogP contribution in [0.5, 0.6) is 0 Å². The van der Waals surface area contributed by atoms with Gasteiger partial charge in [-0.1, -0.05) is 48.4 Å². The molecule has 3 rings (SSSR count). The number of carbonyl (C=O) groups is 1. The van der Waals surface area contributed by atoms with Crippen molar-refractivity contribution in [3.63, 3.8) is 0 Å². The van der Waals surface area contributed by atoms with Crippen molar-refractivity contribution in [1.82, 2.24) is 4.98 Å². The van der Waals surface area contributed by atoms with Gasteiger partial charge in [-0.3, -0.25) is 10.1 Å². The van der Waals surface area contributed by atoms with Gasteiger partial charge in [0.1, 0.15) is 5.52 Å². The largest absolute Gasteiger partial charge is 0.298 e. The lowest BCUT2D eigenvalue weighted by Crippen LogP contribution is -2.11. The van der Waals surface area contributed by atoms with Crippen molar-refractivity contribution < 1.29 is 4.79 Å². The SMILES string of the molecule is CC(C)Sc1ccc(C(=O)Nc2nc3c(Cl)c(Cl)ccc3s2)cc1. The van der Waals surface area contributed by atoms with Crippen molar-refractivity contribution in [3.8, 4) is 0 Å². The van der Waals surface area contributed by atoms with E-state index in [2.05, 4.69) is 24.1 Å². The Labute approximate surface area is 158 Å². The standard InChI is InChI=1S/C17H14Cl2N2OS2/c1-9(2)23-11-5-3-10(4-6-11)16(22)21-17-20-15-13(24-17)8-7-12(18)14(15)19/h3-9H,1-2H3,(H,20,21,22). The number of hydrogen-bond acceptors (Lipinski definition) is 4. The molecule has 0 fully saturated rings. The molecule has 2 aromatic carbocycles. The summed E-state index contributed by atoms with van der Waals surface area (Å²) in [5.41, 5.74) is 1.19. The van der Waals surface area contributed by atoms with Gasteiger partial charge in [0.25, 0.3) is 5.91 Å². The molecule has 1 amide bonds. The molecule has 0 unspecified atom stereocenters. The number of rotatable bonds is 4. The molecule has 1 aromatic heterocycles. The number of nitrogens with one attached hydrogen (secondary N) is 1. The van der Waals surface area contributed by atoms with Crippen LogP contribution in [0, 0.1) is 0 Å². The Bertz CT molecular complexity index is 891. The Hall–Kier alpha value is -1.27. The molecule has 0 atom stereocenters. The molecule has 0 radical (unpaired) electrons. The number of thiazole rings is 1. The van der Waals surface area contributed by atoms with Gasteiger partial charge in [0.15, 0.2) is 5.13 Å². The van der Waals surface area contributed by atoms with Crippen molar-refractivity contribution in [1.29, 1.82) is 0 Å². The lowest BCUT2D eigenvalue weighted by atomic mass is 10.2. The van der Waals surface area contributed by atoms with E-state index in [0.717, 1.165) is 9.60 Å². The summed E-state index contributed by atoms with van der Waals surface area (Å²) in [6.45, 7) is 4.27. The maximum atomic E-state index is 12.4. The average Bonchev–Trinajstić information content (AvgIpc) is 2.94. The van der Waals surface area contributed by atoms with Crippen LogP contribution < -0.4 is 5.32 Å². The van der Waals surface area contributed by atoms with Crippen LogP contribution in [0.15, 0.2) is 41.3 Å². The highest BCUT2D eigenvalue weighted by Crippen LogP contribution is 2.35. The van der Waals surface area contributed by atoms with Crippen LogP contribution in [0.1, 0.15) is 24.2 Å². The molecule has 3 aromatic rings. The smallest absolute Gasteiger partial charge is 0.257 e. The van der Waals surface area contributed by atoms with E-state index < -0.39 is 0 Å². The normalized spacial score (nSPS) is 11.2. The number of carbonyl (C=O) groups excluding carboxylic acids is 1. The number of fused-ring (bicyclic) bond motifs is 1. The highest BCUT2D eigenvalue weighted by atomic mass is 35.5. The predicted octanol–water partition coefficient (Wildman–Crippen LogP) is 6.36. The summed E-state index contributed by atoms with van der Waals surface area (Å²) in [5, 5.41) is 4.67. The van der Waals surface area contributed by atoms with Crippen LogP contribution in [0.3, 0.4) is 0 Å². The van der Waals surface area contributed by atoms with E-state index in [9.17, 15) is 4.79 Å². The lowest BCUT2D eigenvalue weighted by molar-refractivity contribution is 0.102. The summed E-state index contributed by atoms with van der Waals surface area (Å²) in [5.74, 6) is -0.197. The van der Waals surface area contributed by atoms with E-state index in [1.807, 2.05) is 30.3 Å². The Morgan fingerprint density at radius 3 is 2.54 bits per heavy atom. The molecule has 24 heavy (non-hydrogen) atoms. The fourth-order valence-electron chi connectivity index (χ4n) is 2.12. The van der Waals surface area contributed by atoms with Crippen LogP contribution in [0.25, 0.3) is 10.2 Å². The van der Waals surface area contributed by atoms with Gasteiger partial charge in [0.2, 0.25) is 0 Å². The van der Waals surface area contributed by atoms with Crippen LogP contribution in [0.4, 0.5) is 5.13 Å². The Kier molecular flexibility index (Phi) is 5.35. The summed E-state index contributed by atoms with van der Waals surface area (Å²) in [4.78, 5) is 17.9. The molecule has 7 heteroatoms. The van der Waals surface area contributed by atoms with E-state index in [0.29, 0.717) is 31.5 Å². The maximum Gasteiger partial charge on any atom is 0.257 e. The minimum absolute atomic E-state index is 0.197. The van der Waals surface area contributed by atoms with Gasteiger partial charge in [-0.25, -0.2) is 4.98 Å². The molecule has 1 N–H and O–H groups in total. The molecule has 0 bridgehead atoms. The number of hydrogen-bond donors (Lipinski definition) is 1. The number of nitrogens with zero attached hydrogens (tertiary/aromatic N) is 1. The fourth-order valence-corrected chi connectivity index (χ4v) is 4.24. The van der Waals surface area contributed by atoms with Crippen LogP contribution in [0.2, 0.25) is 10.0 Å². The first-order valence-corrected chi connectivity index (χ1v) is 9.72. The third-order valence-electron chi connectivity index (χ3n) is 3.16. The number of halogens is 2. The molecular formula is C17H14Cl2N2OS2. The van der Waals surface area contributed by atoms with Gasteiger partial charge in [0.05, 0.1) is 14.7 Å². The highest BCUT2D eigenvalue weighted by Gasteiger charge is 2.13. The van der Waals surface area contributed by atoms with Crippen LogP contribution in [-0.4, -0.2) is 16.1 Å². The zero-order valence-corrected chi connectivity index (χ0v) is 16.1. The Balaban J connectivity index is 1.78. The quantitative estimate of drug-likeness (QED) is 0.521. The van der Waals surface area contributed by atoms with Gasteiger partial charge in [0, 0.05) is 15.7 Å².